The quantitative estimate of drug-likeness (QED) is 0.0357. The molecule has 4 rings (SSSR count). The lowest BCUT2D eigenvalue weighted by Gasteiger charge is -2.16. The van der Waals surface area contributed by atoms with Crippen molar-refractivity contribution >= 4 is 68.8 Å². The first-order chi connectivity index (χ1) is 26.5. The Labute approximate surface area is 322 Å². The van der Waals surface area contributed by atoms with Gasteiger partial charge < -0.3 is 50.1 Å². The number of benzene rings is 3. The number of amides is 1. The van der Waals surface area contributed by atoms with Crippen LogP contribution >= 0.6 is 0 Å². The molecule has 0 aliphatic heterocycles. The summed E-state index contributed by atoms with van der Waals surface area (Å²) in [6.45, 7) is 6.88. The number of aliphatic hydroxyl groups is 1. The highest BCUT2D eigenvalue weighted by Gasteiger charge is 2.15. The summed E-state index contributed by atoms with van der Waals surface area (Å²) in [7, 11) is 0. The number of anilines is 2. The van der Waals surface area contributed by atoms with E-state index in [4.69, 9.17) is 45.9 Å². The highest BCUT2D eigenvalue weighted by Crippen LogP contribution is 2.25. The fraction of sp³-hybridized carbons (Fsp3) is 0.167. The summed E-state index contributed by atoms with van der Waals surface area (Å²) in [5.74, 6) is -1.04. The van der Waals surface area contributed by atoms with Gasteiger partial charge in [-0.25, -0.2) is 0 Å². The molecule has 0 aliphatic rings. The summed E-state index contributed by atoms with van der Waals surface area (Å²) >= 11 is 0. The van der Waals surface area contributed by atoms with Gasteiger partial charge in [0.2, 0.25) is 17.9 Å². The van der Waals surface area contributed by atoms with Gasteiger partial charge in [0.15, 0.2) is 6.23 Å². The Morgan fingerprint density at radius 1 is 0.607 bits per heavy atom. The third-order valence-electron chi connectivity index (χ3n) is 7.69. The lowest BCUT2D eigenvalue weighted by atomic mass is 10.0. The Kier molecular flexibility index (Phi) is 13.6. The zero-order valence-corrected chi connectivity index (χ0v) is 31.0. The first-order valence-corrected chi connectivity index (χ1v) is 16.6. The molecule has 0 bridgehead atoms. The predicted molar refractivity (Wildman–Crippen MR) is 223 cm³/mol. The highest BCUT2D eigenvalue weighted by molar-refractivity contribution is 6.10. The van der Waals surface area contributed by atoms with Gasteiger partial charge in [-0.05, 0) is 87.7 Å². The second-order valence-corrected chi connectivity index (χ2v) is 12.2. The average Bonchev–Trinajstić information content (AvgIpc) is 3.16. The number of carbonyl (C=O) groups excluding carboxylic acids is 1. The third kappa shape index (κ3) is 11.7. The van der Waals surface area contributed by atoms with Crippen molar-refractivity contribution in [2.24, 2.45) is 81.6 Å². The van der Waals surface area contributed by atoms with Crippen molar-refractivity contribution in [3.05, 3.63) is 106 Å². The van der Waals surface area contributed by atoms with Crippen molar-refractivity contribution in [3.8, 4) is 0 Å². The van der Waals surface area contributed by atoms with Gasteiger partial charge in [0, 0.05) is 44.6 Å². The van der Waals surface area contributed by atoms with Crippen LogP contribution in [0.5, 0.6) is 0 Å². The van der Waals surface area contributed by atoms with Crippen LogP contribution in [0.1, 0.15) is 72.1 Å². The molecule has 1 unspecified atom stereocenters. The standard InChI is InChI=1S/C36H44N18O2/c1-17(47-51-33(37)38)25-11-26(18(2)48-52-34(39)40)14-29(13-25)45-31(55)23-7-5-22-10-24(8-6-21(22)9-23)32(56)46-30-15-27(19(3)49-53-35(41)42)12-28(16-30)20(4)50-54-36(43)44/h5,7,9-16,32,35,46,53,56H,41-42H2,1-4H3,(H,45,55)(H4,37,38,51)(H4,39,40,52)(H4,43,44,54)/b47-17-,48-18-,49-19-,50-20+. The molecule has 0 heterocycles. The molecule has 56 heavy (non-hydrogen) atoms. The third-order valence-corrected chi connectivity index (χ3v) is 7.69. The number of hydrogen-bond donors (Lipinski definition) is 12. The second-order valence-electron chi connectivity index (χ2n) is 12.2. The summed E-state index contributed by atoms with van der Waals surface area (Å²) in [4.78, 5) is 13.5. The Bertz CT molecular complexity index is 2260. The molecule has 4 aromatic rings. The Hall–Kier alpha value is -7.60. The van der Waals surface area contributed by atoms with Gasteiger partial charge in [0.05, 0.1) is 28.4 Å². The van der Waals surface area contributed by atoms with E-state index in [-0.39, 0.29) is 17.9 Å². The van der Waals surface area contributed by atoms with E-state index in [1.807, 2.05) is 6.07 Å². The molecule has 0 radical (unpaired) electrons. The maximum atomic E-state index is 13.5. The van der Waals surface area contributed by atoms with Gasteiger partial charge in [-0.2, -0.15) is 20.4 Å². The molecule has 4 aromatic carbocycles. The van der Waals surface area contributed by atoms with Crippen LogP contribution in [-0.4, -0.2) is 58.0 Å². The summed E-state index contributed by atoms with van der Waals surface area (Å²) in [5, 5.41) is 46.0. The predicted octanol–water partition coefficient (Wildman–Crippen LogP) is 0.302. The maximum absolute atomic E-state index is 13.5. The molecular weight excluding hydrogens is 717 g/mol. The minimum absolute atomic E-state index is 0.201. The number of nitrogens with two attached hydrogens (primary N) is 8. The number of aliphatic hydroxyl groups excluding tert-OH is 1. The molecule has 0 spiro atoms. The van der Waals surface area contributed by atoms with Crippen molar-refractivity contribution in [1.82, 2.24) is 5.43 Å². The summed E-state index contributed by atoms with van der Waals surface area (Å²) in [6, 6.07) is 23.3. The minimum atomic E-state index is -1.22. The van der Waals surface area contributed by atoms with Gasteiger partial charge in [-0.15, -0.1) is 15.3 Å². The number of rotatable bonds is 14. The van der Waals surface area contributed by atoms with E-state index in [0.717, 1.165) is 0 Å². The minimum Gasteiger partial charge on any atom is -0.369 e. The van der Waals surface area contributed by atoms with Crippen molar-refractivity contribution in [2.75, 3.05) is 10.6 Å². The van der Waals surface area contributed by atoms with E-state index in [9.17, 15) is 9.90 Å². The van der Waals surface area contributed by atoms with Crippen molar-refractivity contribution in [1.29, 1.82) is 0 Å². The number of hydrazone groups is 1. The monoisotopic (exact) mass is 760 g/mol. The Balaban J connectivity index is 1.61. The SMILES string of the molecule is C/C(=N/N=C(N)N)c1cc(NC(=O)c2ccc3cc(C(O)Nc4cc(/C(C)=N\NC(N)N)cc(/C(C)=N/N=C(N)N)c4)c#cc3c2)cc(/C(C)=N\N=C(N)N)c1. The van der Waals surface area contributed by atoms with Crippen molar-refractivity contribution < 1.29 is 9.90 Å². The molecule has 0 saturated heterocycles. The van der Waals surface area contributed by atoms with E-state index >= 15 is 0 Å². The van der Waals surface area contributed by atoms with E-state index in [0.29, 0.717) is 78.4 Å². The lowest BCUT2D eigenvalue weighted by molar-refractivity contribution is 0.102. The fourth-order valence-electron chi connectivity index (χ4n) is 4.91. The first-order valence-electron chi connectivity index (χ1n) is 16.6. The number of guanidine groups is 3. The van der Waals surface area contributed by atoms with Crippen molar-refractivity contribution in [2.45, 2.75) is 40.2 Å². The molecule has 20 nitrogen and oxygen atoms in total. The Morgan fingerprint density at radius 2 is 1.09 bits per heavy atom. The molecule has 20 N–H and O–H groups in total. The number of hydrogen-bond acceptors (Lipinski definition) is 13. The average molecular weight is 761 g/mol. The van der Waals surface area contributed by atoms with Crippen LogP contribution in [-0.2, 0) is 0 Å². The molecule has 20 heteroatoms. The molecule has 0 aromatic heterocycles. The van der Waals surface area contributed by atoms with Crippen LogP contribution in [0, 0.1) is 12.1 Å². The van der Waals surface area contributed by atoms with Crippen LogP contribution in [0.25, 0.3) is 10.8 Å². The van der Waals surface area contributed by atoms with Crippen LogP contribution in [0.15, 0.2) is 96.4 Å². The highest BCUT2D eigenvalue weighted by atomic mass is 16.3. The van der Waals surface area contributed by atoms with E-state index < -0.39 is 18.4 Å². The summed E-state index contributed by atoms with van der Waals surface area (Å²) < 4.78 is 0. The summed E-state index contributed by atoms with van der Waals surface area (Å²) in [5.41, 5.74) is 52.5. The lowest BCUT2D eigenvalue weighted by Crippen LogP contribution is -2.42. The maximum Gasteiger partial charge on any atom is 0.255 e. The zero-order valence-electron chi connectivity index (χ0n) is 31.0. The van der Waals surface area contributed by atoms with Gasteiger partial charge in [0.1, 0.15) is 6.29 Å². The van der Waals surface area contributed by atoms with Crippen LogP contribution in [0.4, 0.5) is 11.4 Å². The number of fused-ring (bicyclic) bond motifs is 1. The molecule has 0 fully saturated rings. The van der Waals surface area contributed by atoms with E-state index in [1.165, 1.54) is 0 Å². The van der Waals surface area contributed by atoms with Crippen LogP contribution in [0.3, 0.4) is 0 Å². The molecule has 0 aliphatic carbocycles. The fourth-order valence-corrected chi connectivity index (χ4v) is 4.91. The topological polar surface area (TPSA) is 368 Å². The smallest absolute Gasteiger partial charge is 0.255 e. The van der Waals surface area contributed by atoms with Gasteiger partial charge in [0.25, 0.3) is 5.91 Å². The number of carbonyl (C=O) groups is 1. The van der Waals surface area contributed by atoms with Gasteiger partial charge >= 0.3 is 0 Å². The molecule has 1 amide bonds. The van der Waals surface area contributed by atoms with Gasteiger partial charge in [-0.1, -0.05) is 18.2 Å². The zero-order chi connectivity index (χ0) is 41.1. The van der Waals surface area contributed by atoms with E-state index in [2.05, 4.69) is 63.9 Å². The Morgan fingerprint density at radius 3 is 1.57 bits per heavy atom. The first kappa shape index (κ1) is 41.2. The van der Waals surface area contributed by atoms with Gasteiger partial charge in [-0.3, -0.25) is 21.7 Å². The molecule has 1 atom stereocenters. The van der Waals surface area contributed by atoms with Crippen molar-refractivity contribution in [3.63, 3.8) is 0 Å². The molecule has 0 saturated carbocycles. The number of nitrogens with zero attached hydrogens (tertiary/aromatic N) is 7. The largest absolute Gasteiger partial charge is 0.369 e. The summed E-state index contributed by atoms with van der Waals surface area (Å²) in [6.07, 6.45) is -2.08. The van der Waals surface area contributed by atoms with E-state index in [1.54, 1.807) is 82.3 Å². The van der Waals surface area contributed by atoms with Crippen LogP contribution < -0.4 is 61.9 Å². The molecule has 290 valence electrons. The number of nitrogens with one attached hydrogen (secondary N) is 3. The molecular formula is C36H44N18O2. The van der Waals surface area contributed by atoms with Crippen LogP contribution in [0.2, 0.25) is 0 Å². The normalized spacial score (nSPS) is 12.7. The second kappa shape index (κ2) is 18.4.